The zero-order valence-corrected chi connectivity index (χ0v) is 32.4. The highest BCUT2D eigenvalue weighted by Gasteiger charge is 2.51. The van der Waals surface area contributed by atoms with Crippen LogP contribution in [0.2, 0.25) is 0 Å². The molecule has 18 heteroatoms. The molecule has 18 nitrogen and oxygen atoms in total. The number of Topliss-reactive ketones (excluding diaryl/α,β-unsaturated/α-hetero) is 1. The largest absolute Gasteiger partial charge is 0.390 e. The van der Waals surface area contributed by atoms with Crippen molar-refractivity contribution >= 4 is 17.6 Å². The summed E-state index contributed by atoms with van der Waals surface area (Å²) >= 11 is 0. The number of carbonyl (C=O) groups is 3. The number of nitrogens with one attached hydrogen (secondary N) is 2. The predicted octanol–water partition coefficient (Wildman–Crippen LogP) is -1.59. The smallest absolute Gasteiger partial charge is 0.243 e. The summed E-state index contributed by atoms with van der Waals surface area (Å²) < 4.78 is 25.6. The first-order chi connectivity index (χ1) is 25.3. The van der Waals surface area contributed by atoms with Crippen LogP contribution in [0, 0.1) is 29.6 Å². The fourth-order valence-corrected chi connectivity index (χ4v) is 7.47. The Kier molecular flexibility index (Phi) is 15.5. The molecule has 308 valence electrons. The number of nitrogens with zero attached hydrogens (tertiary/aromatic N) is 3. The molecule has 0 spiro atoms. The molecule has 2 amide bonds. The minimum Gasteiger partial charge on any atom is -0.390 e. The molecule has 54 heavy (non-hydrogen) atoms. The van der Waals surface area contributed by atoms with Gasteiger partial charge in [0.05, 0.1) is 43.2 Å². The molecule has 0 bridgehead atoms. The number of hydrogen-bond acceptors (Lipinski definition) is 15. The molecule has 3 aliphatic rings. The van der Waals surface area contributed by atoms with Crippen LogP contribution in [0.5, 0.6) is 0 Å². The molecule has 4 rings (SSSR count). The number of ketones is 1. The van der Waals surface area contributed by atoms with Gasteiger partial charge in [0.25, 0.3) is 0 Å². The van der Waals surface area contributed by atoms with Crippen molar-refractivity contribution in [2.75, 3.05) is 6.54 Å². The highest BCUT2D eigenvalue weighted by molar-refractivity contribution is 5.91. The monoisotopic (exact) mass is 771 g/mol. The molecule has 1 aromatic rings. The second kappa shape index (κ2) is 19.0. The lowest BCUT2D eigenvalue weighted by Gasteiger charge is -2.48. The van der Waals surface area contributed by atoms with Crippen molar-refractivity contribution in [1.82, 2.24) is 25.6 Å². The molecule has 1 aromatic heterocycles. The summed E-state index contributed by atoms with van der Waals surface area (Å²) in [6.45, 7) is 13.7. The normalized spacial score (nSPS) is 38.5. The van der Waals surface area contributed by atoms with Crippen molar-refractivity contribution in [3.63, 3.8) is 0 Å². The number of aromatic nitrogens is 3. The Balaban J connectivity index is 1.38. The third-order valence-corrected chi connectivity index (χ3v) is 10.9. The number of hydrogen-bond donors (Lipinski definition) is 8. The van der Waals surface area contributed by atoms with E-state index in [2.05, 4.69) is 20.9 Å². The Hall–Kier alpha value is -2.65. The number of ether oxygens (including phenoxy) is 4. The van der Waals surface area contributed by atoms with Crippen LogP contribution in [0.25, 0.3) is 0 Å². The maximum atomic E-state index is 13.0. The third-order valence-electron chi connectivity index (χ3n) is 10.9. The summed E-state index contributed by atoms with van der Waals surface area (Å²) in [5, 5.41) is 78.6. The molecule has 1 saturated carbocycles. The SMILES string of the molecule is CCC1O[C@@H](OC2C(O)[C@H](O[C@@H]3OC(Cn4cc(CC(C)C(=O)NC(C(=O)NCC(C)=O)C(C)C)nn4)[C@H](O)[C@H](C)C3O)[C@H](C)C[C@@H]2C)C(O)C(O)[C@H]1O. The minimum absolute atomic E-state index is 0.0205. The maximum Gasteiger partial charge on any atom is 0.243 e. The molecule has 3 heterocycles. The van der Waals surface area contributed by atoms with Gasteiger partial charge < -0.3 is 60.2 Å². The van der Waals surface area contributed by atoms with Crippen LogP contribution in [0.3, 0.4) is 0 Å². The average Bonchev–Trinajstić information content (AvgIpc) is 3.56. The van der Waals surface area contributed by atoms with Crippen LogP contribution in [-0.2, 0) is 46.3 Å². The molecular weight excluding hydrogens is 710 g/mol. The average molecular weight is 772 g/mol. The van der Waals surface area contributed by atoms with E-state index in [1.807, 2.05) is 13.8 Å². The van der Waals surface area contributed by atoms with Gasteiger partial charge in [-0.1, -0.05) is 53.7 Å². The lowest BCUT2D eigenvalue weighted by atomic mass is 9.77. The van der Waals surface area contributed by atoms with Gasteiger partial charge in [0.15, 0.2) is 12.6 Å². The fourth-order valence-electron chi connectivity index (χ4n) is 7.47. The number of aliphatic hydroxyl groups is 6. The standard InChI is InChI=1S/C36H61N5O13/c1-9-22-27(45)28(46)29(47)36(51-22)54-32-17(5)10-16(4)31(30(32)48)53-35-26(44)20(8)25(43)23(52-35)14-41-13-21(39-40-41)11-18(6)33(49)38-24(15(2)3)34(50)37-12-19(7)42/h13,15-18,20,22-32,35-36,43-48H,9-12,14H2,1-8H3,(H,37,50)(H,38,49)/t16-,17+,18?,20+,22?,23?,24?,25-,26?,27+,28?,29?,30?,31-,32?,35+,36+/m1/s1. The maximum absolute atomic E-state index is 13.0. The first-order valence-corrected chi connectivity index (χ1v) is 19.0. The van der Waals surface area contributed by atoms with Crippen molar-refractivity contribution in [2.24, 2.45) is 29.6 Å². The van der Waals surface area contributed by atoms with Crippen molar-refractivity contribution in [3.05, 3.63) is 11.9 Å². The van der Waals surface area contributed by atoms with E-state index in [1.54, 1.807) is 40.8 Å². The predicted molar refractivity (Wildman–Crippen MR) is 189 cm³/mol. The van der Waals surface area contributed by atoms with E-state index in [0.29, 0.717) is 18.5 Å². The van der Waals surface area contributed by atoms with Gasteiger partial charge >= 0.3 is 0 Å². The van der Waals surface area contributed by atoms with E-state index in [-0.39, 0.29) is 49.0 Å². The number of aliphatic hydroxyl groups excluding tert-OH is 6. The summed E-state index contributed by atoms with van der Waals surface area (Å²) in [5.74, 6) is -2.98. The third kappa shape index (κ3) is 10.4. The topological polar surface area (TPSA) is 264 Å². The number of amides is 2. The van der Waals surface area contributed by atoms with Crippen molar-refractivity contribution in [2.45, 2.75) is 161 Å². The van der Waals surface area contributed by atoms with E-state index in [9.17, 15) is 45.0 Å². The van der Waals surface area contributed by atoms with E-state index in [0.717, 1.165) is 0 Å². The van der Waals surface area contributed by atoms with E-state index < -0.39 is 97.4 Å². The van der Waals surface area contributed by atoms with Gasteiger partial charge in [0.1, 0.15) is 48.4 Å². The summed E-state index contributed by atoms with van der Waals surface area (Å²) in [7, 11) is 0. The van der Waals surface area contributed by atoms with Gasteiger partial charge in [0, 0.05) is 24.5 Å². The molecule has 0 aromatic carbocycles. The van der Waals surface area contributed by atoms with Crippen molar-refractivity contribution < 1.29 is 64.0 Å². The quantitative estimate of drug-likeness (QED) is 0.1000. The van der Waals surface area contributed by atoms with Crippen LogP contribution in [0.1, 0.15) is 73.9 Å². The molecular formula is C36H61N5O13. The second-order valence-corrected chi connectivity index (χ2v) is 15.9. The Morgan fingerprint density at radius 1 is 0.852 bits per heavy atom. The summed E-state index contributed by atoms with van der Waals surface area (Å²) in [5.41, 5.74) is 0.477. The van der Waals surface area contributed by atoms with Crippen LogP contribution in [-0.4, -0.2) is 149 Å². The van der Waals surface area contributed by atoms with Crippen LogP contribution in [0.15, 0.2) is 6.20 Å². The first kappa shape index (κ1) is 44.1. The molecule has 2 saturated heterocycles. The summed E-state index contributed by atoms with van der Waals surface area (Å²) in [6.07, 6.45) is -11.3. The number of rotatable bonds is 15. The lowest BCUT2D eigenvalue weighted by molar-refractivity contribution is -0.341. The van der Waals surface area contributed by atoms with Crippen molar-refractivity contribution in [1.29, 1.82) is 0 Å². The Labute approximate surface area is 315 Å². The highest BCUT2D eigenvalue weighted by Crippen LogP contribution is 2.38. The zero-order valence-electron chi connectivity index (χ0n) is 32.4. The van der Waals surface area contributed by atoms with Crippen LogP contribution in [0.4, 0.5) is 0 Å². The molecule has 9 unspecified atom stereocenters. The Morgan fingerprint density at radius 3 is 2.02 bits per heavy atom. The van der Waals surface area contributed by atoms with Gasteiger partial charge in [0.2, 0.25) is 11.8 Å². The van der Waals surface area contributed by atoms with Gasteiger partial charge in [-0.3, -0.25) is 14.4 Å². The van der Waals surface area contributed by atoms with E-state index in [4.69, 9.17) is 18.9 Å². The van der Waals surface area contributed by atoms with Gasteiger partial charge in [-0.2, -0.15) is 0 Å². The fraction of sp³-hybridized carbons (Fsp3) is 0.861. The van der Waals surface area contributed by atoms with E-state index >= 15 is 0 Å². The van der Waals surface area contributed by atoms with Crippen molar-refractivity contribution in [3.8, 4) is 0 Å². The van der Waals surface area contributed by atoms with Gasteiger partial charge in [-0.25, -0.2) is 4.68 Å². The van der Waals surface area contributed by atoms with Gasteiger partial charge in [-0.05, 0) is 37.5 Å². The Morgan fingerprint density at radius 2 is 1.44 bits per heavy atom. The molecule has 3 fully saturated rings. The molecule has 1 aliphatic carbocycles. The molecule has 2 aliphatic heterocycles. The van der Waals surface area contributed by atoms with E-state index in [1.165, 1.54) is 11.6 Å². The molecule has 8 N–H and O–H groups in total. The lowest BCUT2D eigenvalue weighted by Crippen LogP contribution is -2.62. The van der Waals surface area contributed by atoms with Gasteiger partial charge in [-0.15, -0.1) is 5.10 Å². The molecule has 17 atom stereocenters. The van der Waals surface area contributed by atoms with Crippen LogP contribution < -0.4 is 10.6 Å². The first-order valence-electron chi connectivity index (χ1n) is 19.0. The molecule has 0 radical (unpaired) electrons. The summed E-state index contributed by atoms with van der Waals surface area (Å²) in [6, 6.07) is -0.830. The summed E-state index contributed by atoms with van der Waals surface area (Å²) in [4.78, 5) is 36.9. The second-order valence-electron chi connectivity index (χ2n) is 15.9. The minimum atomic E-state index is -1.56. The Bertz CT molecular complexity index is 1400. The highest BCUT2D eigenvalue weighted by atomic mass is 16.7. The van der Waals surface area contributed by atoms with Crippen LogP contribution >= 0.6 is 0 Å². The number of carbonyl (C=O) groups excluding carboxylic acids is 3. The zero-order chi connectivity index (χ0) is 40.2.